The van der Waals surface area contributed by atoms with E-state index >= 15 is 0 Å². The highest BCUT2D eigenvalue weighted by Gasteiger charge is 2.27. The number of rotatable bonds is 25. The van der Waals surface area contributed by atoms with E-state index in [0.717, 1.165) is 4.90 Å². The van der Waals surface area contributed by atoms with E-state index in [0.29, 0.717) is 42.2 Å². The smallest absolute Gasteiger partial charge is 0.320 e. The van der Waals surface area contributed by atoms with Gasteiger partial charge in [0.2, 0.25) is 0 Å². The number of nitrogens with zero attached hydrogens (tertiary/aromatic N) is 3. The molecule has 18 nitrogen and oxygen atoms in total. The van der Waals surface area contributed by atoms with Gasteiger partial charge in [0, 0.05) is 37.9 Å². The first kappa shape index (κ1) is 40.6. The Morgan fingerprint density at radius 3 is 1.70 bits per heavy atom. The Hall–Kier alpha value is -4.43. The summed E-state index contributed by atoms with van der Waals surface area (Å²) in [6.07, 6.45) is 1.67. The van der Waals surface area contributed by atoms with Gasteiger partial charge in [-0.2, -0.15) is 0 Å². The van der Waals surface area contributed by atoms with Crippen molar-refractivity contribution in [2.24, 2.45) is 5.73 Å². The zero-order chi connectivity index (χ0) is 35.5. The van der Waals surface area contributed by atoms with Crippen molar-refractivity contribution in [3.05, 3.63) is 29.8 Å². The summed E-state index contributed by atoms with van der Waals surface area (Å²) in [5, 5.41) is 61.8. The number of carboxylic acids is 6. The molecule has 0 heterocycles. The molecule has 47 heavy (non-hydrogen) atoms. The standard InChI is InChI=1S/C28H42N6O12S/c29-21(27(45)46)3-1-2-8-30-28(47)31-19-6-4-18(5-7-19)11-20(34(16-25(41)42)17-26(43)44)12-32(13-22(35)36)9-10-33(14-23(37)38)15-24(39)40/h4-7,20-21H,1-3,8-17,29H2,(H,35,36)(H,37,38)(H,39,40)(H,41,42)(H,43,44)(H,45,46)(H2,30,31,47)/t20?,21-/m0/s1. The lowest BCUT2D eigenvalue weighted by molar-refractivity contribution is -0.144. The first-order valence-electron chi connectivity index (χ1n) is 14.5. The van der Waals surface area contributed by atoms with Crippen molar-refractivity contribution in [1.82, 2.24) is 20.0 Å². The van der Waals surface area contributed by atoms with Crippen molar-refractivity contribution in [3.8, 4) is 0 Å². The fourth-order valence-corrected chi connectivity index (χ4v) is 4.78. The molecule has 2 atom stereocenters. The molecule has 0 aliphatic rings. The highest BCUT2D eigenvalue weighted by atomic mass is 32.1. The summed E-state index contributed by atoms with van der Waals surface area (Å²) >= 11 is 5.29. The van der Waals surface area contributed by atoms with E-state index in [-0.39, 0.29) is 26.1 Å². The van der Waals surface area contributed by atoms with Crippen LogP contribution >= 0.6 is 12.2 Å². The van der Waals surface area contributed by atoms with E-state index in [1.54, 1.807) is 24.3 Å². The average Bonchev–Trinajstić information content (AvgIpc) is 2.94. The van der Waals surface area contributed by atoms with Crippen molar-refractivity contribution in [3.63, 3.8) is 0 Å². The molecule has 1 rings (SSSR count). The highest BCUT2D eigenvalue weighted by molar-refractivity contribution is 7.80. The second-order valence-corrected chi connectivity index (χ2v) is 11.1. The molecular weight excluding hydrogens is 644 g/mol. The van der Waals surface area contributed by atoms with Gasteiger partial charge in [0.25, 0.3) is 0 Å². The minimum atomic E-state index is -1.31. The predicted octanol–water partition coefficient (Wildman–Crippen LogP) is -1.20. The minimum Gasteiger partial charge on any atom is -0.480 e. The number of unbranched alkanes of at least 4 members (excludes halogenated alkanes) is 1. The summed E-state index contributed by atoms with van der Waals surface area (Å²) in [5.41, 5.74) is 6.74. The Labute approximate surface area is 275 Å². The summed E-state index contributed by atoms with van der Waals surface area (Å²) < 4.78 is 0. The monoisotopic (exact) mass is 686 g/mol. The summed E-state index contributed by atoms with van der Waals surface area (Å²) in [6.45, 7) is -2.99. The van der Waals surface area contributed by atoms with Crippen molar-refractivity contribution in [2.75, 3.05) is 64.2 Å². The maximum Gasteiger partial charge on any atom is 0.320 e. The molecule has 1 aromatic carbocycles. The highest BCUT2D eigenvalue weighted by Crippen LogP contribution is 2.15. The van der Waals surface area contributed by atoms with Crippen LogP contribution in [0.5, 0.6) is 0 Å². The third-order valence-corrected chi connectivity index (χ3v) is 6.95. The van der Waals surface area contributed by atoms with Gasteiger partial charge < -0.3 is 47.0 Å². The molecule has 0 saturated heterocycles. The number of benzene rings is 1. The van der Waals surface area contributed by atoms with E-state index in [1.165, 1.54) is 9.80 Å². The van der Waals surface area contributed by atoms with E-state index in [9.17, 15) is 44.1 Å². The normalized spacial score (nSPS) is 12.4. The largest absolute Gasteiger partial charge is 0.480 e. The van der Waals surface area contributed by atoms with Crippen molar-refractivity contribution >= 4 is 58.8 Å². The van der Waals surface area contributed by atoms with E-state index in [2.05, 4.69) is 10.6 Å². The van der Waals surface area contributed by atoms with Crippen LogP contribution in [0.4, 0.5) is 5.69 Å². The van der Waals surface area contributed by atoms with Crippen molar-refractivity contribution < 1.29 is 59.4 Å². The van der Waals surface area contributed by atoms with Crippen LogP contribution in [0.25, 0.3) is 0 Å². The van der Waals surface area contributed by atoms with E-state index < -0.39 is 80.6 Å². The number of nitrogens with one attached hydrogen (secondary N) is 2. The van der Waals surface area contributed by atoms with Gasteiger partial charge in [-0.1, -0.05) is 12.1 Å². The third kappa shape index (κ3) is 19.0. The molecule has 262 valence electrons. The Kier molecular flexibility index (Phi) is 18.5. The fraction of sp³-hybridized carbons (Fsp3) is 0.536. The fourth-order valence-electron chi connectivity index (χ4n) is 4.56. The topological polar surface area (TPSA) is 284 Å². The molecule has 0 fully saturated rings. The van der Waals surface area contributed by atoms with Crippen LogP contribution < -0.4 is 16.4 Å². The first-order chi connectivity index (χ1) is 22.0. The maximum atomic E-state index is 11.7. The van der Waals surface area contributed by atoms with Crippen LogP contribution in [0.15, 0.2) is 24.3 Å². The molecule has 0 bridgehead atoms. The lowest BCUT2D eigenvalue weighted by Crippen LogP contribution is -2.51. The average molecular weight is 687 g/mol. The second-order valence-electron chi connectivity index (χ2n) is 10.7. The van der Waals surface area contributed by atoms with Gasteiger partial charge in [-0.3, -0.25) is 43.5 Å². The van der Waals surface area contributed by atoms with Gasteiger partial charge in [-0.05, 0) is 55.6 Å². The summed E-state index contributed by atoms with van der Waals surface area (Å²) in [7, 11) is 0. The molecule has 10 N–H and O–H groups in total. The van der Waals surface area contributed by atoms with Crippen LogP contribution in [0.1, 0.15) is 24.8 Å². The zero-order valence-electron chi connectivity index (χ0n) is 25.6. The Morgan fingerprint density at radius 2 is 1.21 bits per heavy atom. The van der Waals surface area contributed by atoms with E-state index in [1.807, 2.05) is 0 Å². The number of thiocarbonyl (C=S) groups is 1. The number of nitrogens with two attached hydrogens (primary N) is 1. The predicted molar refractivity (Wildman–Crippen MR) is 170 cm³/mol. The zero-order valence-corrected chi connectivity index (χ0v) is 26.4. The lowest BCUT2D eigenvalue weighted by Gasteiger charge is -2.34. The SMILES string of the molecule is N[C@@H](CCCCNC(=S)Nc1ccc(CC(CN(CCN(CC(=O)O)CC(=O)O)CC(=O)O)N(CC(=O)O)CC(=O)O)cc1)C(=O)O. The Morgan fingerprint density at radius 1 is 0.723 bits per heavy atom. The number of carbonyl (C=O) groups is 6. The second kappa shape index (κ2) is 21.4. The van der Waals surface area contributed by atoms with Gasteiger partial charge in [0.15, 0.2) is 5.11 Å². The number of hydrogen-bond donors (Lipinski definition) is 9. The number of aliphatic carboxylic acids is 6. The quantitative estimate of drug-likeness (QED) is 0.0431. The van der Waals surface area contributed by atoms with E-state index in [4.69, 9.17) is 33.3 Å². The van der Waals surface area contributed by atoms with Gasteiger partial charge in [0.1, 0.15) is 6.04 Å². The molecule has 0 aromatic heterocycles. The van der Waals surface area contributed by atoms with Crippen LogP contribution in [0.3, 0.4) is 0 Å². The summed E-state index contributed by atoms with van der Waals surface area (Å²) in [5.74, 6) is -7.48. The molecule has 0 spiro atoms. The number of carboxylic acid groups (broad SMARTS) is 6. The maximum absolute atomic E-state index is 11.7. The minimum absolute atomic E-state index is 0.100. The van der Waals surface area contributed by atoms with Crippen LogP contribution in [-0.2, 0) is 35.2 Å². The molecular formula is C28H42N6O12S. The molecule has 0 saturated carbocycles. The molecule has 1 aromatic rings. The number of anilines is 1. The number of hydrogen-bond acceptors (Lipinski definition) is 11. The Bertz CT molecular complexity index is 1200. The molecule has 0 amide bonds. The van der Waals surface area contributed by atoms with Gasteiger partial charge in [-0.25, -0.2) is 0 Å². The molecule has 19 heteroatoms. The first-order valence-corrected chi connectivity index (χ1v) is 14.9. The van der Waals surface area contributed by atoms with Crippen LogP contribution in [-0.4, -0.2) is 157 Å². The van der Waals surface area contributed by atoms with Crippen LogP contribution in [0, 0.1) is 0 Å². The summed E-state index contributed by atoms with van der Waals surface area (Å²) in [6, 6.07) is 5.04. The molecule has 0 aliphatic carbocycles. The summed E-state index contributed by atoms with van der Waals surface area (Å²) in [4.78, 5) is 71.7. The molecule has 1 unspecified atom stereocenters. The van der Waals surface area contributed by atoms with Gasteiger partial charge in [-0.15, -0.1) is 0 Å². The Balaban J connectivity index is 3.05. The lowest BCUT2D eigenvalue weighted by atomic mass is 10.0. The van der Waals surface area contributed by atoms with Gasteiger partial charge in [0.05, 0.1) is 32.7 Å². The molecule has 0 aliphatic heterocycles. The molecule has 0 radical (unpaired) electrons. The van der Waals surface area contributed by atoms with Crippen LogP contribution in [0.2, 0.25) is 0 Å². The van der Waals surface area contributed by atoms with Gasteiger partial charge >= 0.3 is 35.8 Å². The third-order valence-electron chi connectivity index (χ3n) is 6.70. The van der Waals surface area contributed by atoms with Crippen molar-refractivity contribution in [1.29, 1.82) is 0 Å². The van der Waals surface area contributed by atoms with Crippen molar-refractivity contribution in [2.45, 2.75) is 37.8 Å².